The van der Waals surface area contributed by atoms with Crippen LogP contribution in [0.2, 0.25) is 0 Å². The molecule has 0 aromatic heterocycles. The van der Waals surface area contributed by atoms with Crippen LogP contribution in [0.15, 0.2) is 28.6 Å². The Hall–Kier alpha value is -1.17. The Labute approximate surface area is 81.5 Å². The molecule has 0 heterocycles. The molecule has 14 heavy (non-hydrogen) atoms. The summed E-state index contributed by atoms with van der Waals surface area (Å²) in [6.45, 7) is -0.254. The van der Waals surface area contributed by atoms with Gasteiger partial charge in [0.2, 0.25) is 0 Å². The molecule has 3 nitrogen and oxygen atoms in total. The summed E-state index contributed by atoms with van der Waals surface area (Å²) in [7, 11) is -3.49. The molecule has 0 spiro atoms. The molecule has 1 aromatic rings. The number of hydrogen-bond donors (Lipinski definition) is 0. The van der Waals surface area contributed by atoms with E-state index in [1.54, 1.807) is 24.3 Å². The molecular weight excluding hydrogens is 212 g/mol. The fourth-order valence-corrected chi connectivity index (χ4v) is 1.18. The van der Waals surface area contributed by atoms with Gasteiger partial charge in [-0.05, 0) is 17.7 Å². The van der Waals surface area contributed by atoms with Crippen molar-refractivity contribution in [2.24, 2.45) is 4.36 Å². The molecule has 0 amide bonds. The first kappa shape index (κ1) is 10.9. The van der Waals surface area contributed by atoms with E-state index < -0.39 is 10.5 Å². The van der Waals surface area contributed by atoms with E-state index in [2.05, 4.69) is 4.36 Å². The van der Waals surface area contributed by atoms with Crippen molar-refractivity contribution >= 4 is 10.5 Å². The summed E-state index contributed by atoms with van der Waals surface area (Å²) in [6, 6.07) is 6.44. The van der Waals surface area contributed by atoms with Crippen LogP contribution >= 0.6 is 0 Å². The molecule has 78 valence electrons. The van der Waals surface area contributed by atoms with Gasteiger partial charge in [0.05, 0.1) is 13.7 Å². The Bertz CT molecular complexity index is 402. The predicted octanol–water partition coefficient (Wildman–Crippen LogP) is 2.43. The van der Waals surface area contributed by atoms with Gasteiger partial charge >= 0.3 is 10.5 Å². The van der Waals surface area contributed by atoms with Crippen LogP contribution in [-0.2, 0) is 17.0 Å². The normalized spacial score (nSPS) is 11.1. The maximum Gasteiger partial charge on any atom is 0.367 e. The molecule has 0 bridgehead atoms. The van der Waals surface area contributed by atoms with Gasteiger partial charge in [0.15, 0.2) is 0 Å². The van der Waals surface area contributed by atoms with Crippen molar-refractivity contribution in [3.05, 3.63) is 29.8 Å². The van der Waals surface area contributed by atoms with Crippen LogP contribution in [-0.4, -0.2) is 11.3 Å². The largest absolute Gasteiger partial charge is 0.497 e. The number of ether oxygens (including phenoxy) is 1. The summed E-state index contributed by atoms with van der Waals surface area (Å²) >= 11 is 0. The van der Waals surface area contributed by atoms with Crippen molar-refractivity contribution in [3.8, 4) is 5.75 Å². The molecular formula is C8H9F2NO2S. The molecule has 0 unspecified atom stereocenters. The lowest BCUT2D eigenvalue weighted by Crippen LogP contribution is -1.86. The van der Waals surface area contributed by atoms with E-state index in [4.69, 9.17) is 4.74 Å². The Morgan fingerprint density at radius 1 is 1.36 bits per heavy atom. The van der Waals surface area contributed by atoms with Crippen LogP contribution in [0.5, 0.6) is 5.75 Å². The first-order valence-corrected chi connectivity index (χ1v) is 5.08. The molecule has 6 heteroatoms. The highest BCUT2D eigenvalue weighted by Crippen LogP contribution is 2.13. The number of methoxy groups -OCH3 is 1. The molecule has 0 fully saturated rings. The van der Waals surface area contributed by atoms with Crippen LogP contribution < -0.4 is 4.74 Å². The van der Waals surface area contributed by atoms with Gasteiger partial charge in [-0.2, -0.15) is 8.57 Å². The third-order valence-corrected chi connectivity index (χ3v) is 1.99. The van der Waals surface area contributed by atoms with Gasteiger partial charge in [0.1, 0.15) is 5.75 Å². The summed E-state index contributed by atoms with van der Waals surface area (Å²) < 4.78 is 41.4. The quantitative estimate of drug-likeness (QED) is 0.735. The van der Waals surface area contributed by atoms with Crippen LogP contribution in [0.4, 0.5) is 7.77 Å². The highest BCUT2D eigenvalue weighted by atomic mass is 32.3. The molecule has 0 aliphatic rings. The number of benzene rings is 1. The van der Waals surface area contributed by atoms with Gasteiger partial charge < -0.3 is 4.74 Å². The predicted molar refractivity (Wildman–Crippen MR) is 49.5 cm³/mol. The van der Waals surface area contributed by atoms with Crippen molar-refractivity contribution in [3.63, 3.8) is 0 Å². The summed E-state index contributed by atoms with van der Waals surface area (Å²) in [5, 5.41) is 0. The van der Waals surface area contributed by atoms with Gasteiger partial charge in [-0.1, -0.05) is 19.9 Å². The lowest BCUT2D eigenvalue weighted by atomic mass is 10.2. The minimum Gasteiger partial charge on any atom is -0.497 e. The van der Waals surface area contributed by atoms with Crippen molar-refractivity contribution in [2.45, 2.75) is 6.54 Å². The molecule has 0 aliphatic carbocycles. The van der Waals surface area contributed by atoms with Crippen molar-refractivity contribution in [2.75, 3.05) is 7.11 Å². The zero-order valence-electron chi connectivity index (χ0n) is 7.44. The maximum atomic E-state index is 11.9. The van der Waals surface area contributed by atoms with E-state index in [0.29, 0.717) is 11.3 Å². The molecule has 0 atom stereocenters. The van der Waals surface area contributed by atoms with E-state index in [9.17, 15) is 12.0 Å². The lowest BCUT2D eigenvalue weighted by Gasteiger charge is -1.99. The van der Waals surface area contributed by atoms with E-state index in [1.165, 1.54) is 7.11 Å². The van der Waals surface area contributed by atoms with E-state index in [-0.39, 0.29) is 6.54 Å². The van der Waals surface area contributed by atoms with Crippen LogP contribution in [0.1, 0.15) is 5.56 Å². The summed E-state index contributed by atoms with van der Waals surface area (Å²) in [5.41, 5.74) is 0.564. The number of halogens is 2. The Kier molecular flexibility index (Phi) is 3.40. The third kappa shape index (κ3) is 3.69. The zero-order valence-corrected chi connectivity index (χ0v) is 8.26. The smallest absolute Gasteiger partial charge is 0.367 e. The van der Waals surface area contributed by atoms with E-state index in [0.717, 1.165) is 0 Å². The average molecular weight is 221 g/mol. The van der Waals surface area contributed by atoms with E-state index >= 15 is 0 Å². The monoisotopic (exact) mass is 221 g/mol. The lowest BCUT2D eigenvalue weighted by molar-refractivity contribution is 0.414. The van der Waals surface area contributed by atoms with E-state index in [1.807, 2.05) is 0 Å². The second kappa shape index (κ2) is 4.36. The Morgan fingerprint density at radius 2 is 1.93 bits per heavy atom. The first-order valence-electron chi connectivity index (χ1n) is 3.76. The second-order valence-corrected chi connectivity index (χ2v) is 3.58. The Balaban J connectivity index is 2.75. The topological polar surface area (TPSA) is 38.7 Å². The third-order valence-electron chi connectivity index (χ3n) is 1.56. The highest BCUT2D eigenvalue weighted by molar-refractivity contribution is 7.83. The number of nitrogens with zero attached hydrogens (tertiary/aromatic N) is 1. The van der Waals surface area contributed by atoms with Gasteiger partial charge in [-0.3, -0.25) is 0 Å². The maximum absolute atomic E-state index is 11.9. The van der Waals surface area contributed by atoms with Crippen LogP contribution in [0, 0.1) is 0 Å². The summed E-state index contributed by atoms with van der Waals surface area (Å²) in [5.74, 6) is 0.634. The molecule has 0 aliphatic heterocycles. The van der Waals surface area contributed by atoms with Gasteiger partial charge in [-0.25, -0.2) is 0 Å². The van der Waals surface area contributed by atoms with Crippen LogP contribution in [0.3, 0.4) is 0 Å². The van der Waals surface area contributed by atoms with Crippen molar-refractivity contribution < 1.29 is 16.7 Å². The second-order valence-electron chi connectivity index (χ2n) is 2.53. The van der Waals surface area contributed by atoms with Gasteiger partial charge in [0.25, 0.3) is 0 Å². The van der Waals surface area contributed by atoms with Gasteiger partial charge in [0, 0.05) is 0 Å². The molecule has 1 rings (SSSR count). The number of rotatable bonds is 3. The zero-order chi connectivity index (χ0) is 10.6. The van der Waals surface area contributed by atoms with Crippen LogP contribution in [0.25, 0.3) is 0 Å². The average Bonchev–Trinajstić information content (AvgIpc) is 2.14. The minimum absolute atomic E-state index is 0.254. The molecule has 1 aromatic carbocycles. The number of hydrogen-bond acceptors (Lipinski definition) is 3. The fourth-order valence-electron chi connectivity index (χ4n) is 0.881. The molecule has 0 radical (unpaired) electrons. The minimum atomic E-state index is -4.99. The standard InChI is InChI=1S/C8H9F2NO2S/c1-13-8-4-2-7(3-5-8)6-11-14(9,10)12/h2-5H,6H2,1H3. The molecule has 0 N–H and O–H groups in total. The van der Waals surface area contributed by atoms with Crippen molar-refractivity contribution in [1.29, 1.82) is 0 Å². The molecule has 0 saturated carbocycles. The van der Waals surface area contributed by atoms with Crippen molar-refractivity contribution in [1.82, 2.24) is 0 Å². The summed E-state index contributed by atoms with van der Waals surface area (Å²) in [4.78, 5) is 0. The molecule has 0 saturated heterocycles. The Morgan fingerprint density at radius 3 is 2.36 bits per heavy atom. The highest BCUT2D eigenvalue weighted by Gasteiger charge is 2.00. The van der Waals surface area contributed by atoms with Gasteiger partial charge in [-0.15, -0.1) is 0 Å². The first-order chi connectivity index (χ1) is 6.51. The fraction of sp³-hybridized carbons (Fsp3) is 0.250. The SMILES string of the molecule is COc1ccc(CN=S(=O)(F)F)cc1. The summed E-state index contributed by atoms with van der Waals surface area (Å²) in [6.07, 6.45) is 0.